The molecule has 1 aliphatic heterocycles. The number of fused-ring (bicyclic) bond motifs is 1. The van der Waals surface area contributed by atoms with Gasteiger partial charge in [0.1, 0.15) is 0 Å². The molecule has 1 aliphatic rings. The quantitative estimate of drug-likeness (QED) is 0.837. The van der Waals surface area contributed by atoms with Crippen molar-refractivity contribution in [3.8, 4) is 0 Å². The molecule has 1 N–H and O–H groups in total. The first-order valence-electron chi connectivity index (χ1n) is 7.54. The van der Waals surface area contributed by atoms with Crippen LogP contribution in [0.3, 0.4) is 0 Å². The van der Waals surface area contributed by atoms with E-state index in [-0.39, 0.29) is 24.8 Å². The molecular formula is C17H21Cl2F3N2. The zero-order valence-electron chi connectivity index (χ0n) is 13.1. The third-order valence-corrected chi connectivity index (χ3v) is 4.20. The molecule has 2 aromatic carbocycles. The maximum absolute atomic E-state index is 13.1. The topological polar surface area (TPSA) is 15.3 Å². The second-order valence-electron chi connectivity index (χ2n) is 5.69. The summed E-state index contributed by atoms with van der Waals surface area (Å²) in [5, 5.41) is 5.10. The monoisotopic (exact) mass is 380 g/mol. The lowest BCUT2D eigenvalue weighted by molar-refractivity contribution is -0.148. The molecular weight excluding hydrogens is 360 g/mol. The largest absolute Gasteiger partial charge is 0.390 e. The highest BCUT2D eigenvalue weighted by atomic mass is 35.5. The lowest BCUT2D eigenvalue weighted by Gasteiger charge is -2.36. The van der Waals surface area contributed by atoms with Crippen molar-refractivity contribution in [2.75, 3.05) is 26.2 Å². The van der Waals surface area contributed by atoms with E-state index >= 15 is 0 Å². The fourth-order valence-electron chi connectivity index (χ4n) is 3.19. The van der Waals surface area contributed by atoms with Crippen LogP contribution >= 0.6 is 24.8 Å². The predicted octanol–water partition coefficient (Wildman–Crippen LogP) is 4.58. The van der Waals surface area contributed by atoms with Gasteiger partial charge in [0.05, 0.1) is 6.42 Å². The van der Waals surface area contributed by atoms with Crippen molar-refractivity contribution in [3.05, 3.63) is 48.0 Å². The number of alkyl halides is 3. The number of rotatable bonds is 3. The molecule has 134 valence electrons. The van der Waals surface area contributed by atoms with E-state index in [9.17, 15) is 13.2 Å². The number of nitrogens with zero attached hydrogens (tertiary/aromatic N) is 1. The average molecular weight is 381 g/mol. The maximum atomic E-state index is 13.1. The molecule has 24 heavy (non-hydrogen) atoms. The summed E-state index contributed by atoms with van der Waals surface area (Å²) in [6.45, 7) is 2.76. The minimum atomic E-state index is -4.17. The van der Waals surface area contributed by atoms with Crippen LogP contribution in [0, 0.1) is 0 Å². The summed E-state index contributed by atoms with van der Waals surface area (Å²) in [7, 11) is 0. The number of halogens is 5. The summed E-state index contributed by atoms with van der Waals surface area (Å²) in [6.07, 6.45) is -4.98. The van der Waals surface area contributed by atoms with E-state index in [2.05, 4.69) is 5.32 Å². The summed E-state index contributed by atoms with van der Waals surface area (Å²) < 4.78 is 39.3. The molecule has 3 rings (SSSR count). The Labute approximate surface area is 152 Å². The van der Waals surface area contributed by atoms with E-state index in [1.54, 1.807) is 0 Å². The van der Waals surface area contributed by atoms with Crippen molar-refractivity contribution in [2.45, 2.75) is 18.6 Å². The molecule has 0 bridgehead atoms. The first-order chi connectivity index (χ1) is 10.5. The second kappa shape index (κ2) is 8.90. The van der Waals surface area contributed by atoms with Crippen LogP contribution in [0.25, 0.3) is 10.8 Å². The number of piperazine rings is 1. The van der Waals surface area contributed by atoms with Gasteiger partial charge < -0.3 is 5.32 Å². The van der Waals surface area contributed by atoms with Crippen molar-refractivity contribution < 1.29 is 13.2 Å². The lowest BCUT2D eigenvalue weighted by Crippen LogP contribution is -2.46. The van der Waals surface area contributed by atoms with E-state index in [0.717, 1.165) is 29.4 Å². The van der Waals surface area contributed by atoms with E-state index in [0.29, 0.717) is 13.1 Å². The van der Waals surface area contributed by atoms with E-state index < -0.39 is 18.6 Å². The summed E-state index contributed by atoms with van der Waals surface area (Å²) in [5.74, 6) is 0. The van der Waals surface area contributed by atoms with Crippen LogP contribution < -0.4 is 5.32 Å². The highest BCUT2D eigenvalue weighted by molar-refractivity contribution is 5.86. The highest BCUT2D eigenvalue weighted by Crippen LogP contribution is 2.37. The van der Waals surface area contributed by atoms with E-state index in [4.69, 9.17) is 0 Å². The number of hydrogen-bond acceptors (Lipinski definition) is 2. The van der Waals surface area contributed by atoms with Crippen molar-refractivity contribution in [3.63, 3.8) is 0 Å². The van der Waals surface area contributed by atoms with Crippen LogP contribution in [0.5, 0.6) is 0 Å². The second-order valence-corrected chi connectivity index (χ2v) is 5.69. The molecule has 2 nitrogen and oxygen atoms in total. The van der Waals surface area contributed by atoms with Crippen LogP contribution in [0.15, 0.2) is 42.5 Å². The molecule has 0 radical (unpaired) electrons. The number of hydrogen-bond donors (Lipinski definition) is 1. The van der Waals surface area contributed by atoms with Gasteiger partial charge in [-0.15, -0.1) is 24.8 Å². The Balaban J connectivity index is 0.00000144. The minimum absolute atomic E-state index is 0. The Morgan fingerprint density at radius 1 is 0.958 bits per heavy atom. The average Bonchev–Trinajstić information content (AvgIpc) is 2.52. The van der Waals surface area contributed by atoms with Crippen LogP contribution in [-0.4, -0.2) is 37.3 Å². The Bertz CT molecular complexity index is 638. The van der Waals surface area contributed by atoms with Gasteiger partial charge in [0, 0.05) is 32.2 Å². The zero-order chi connectivity index (χ0) is 15.6. The summed E-state index contributed by atoms with van der Waals surface area (Å²) >= 11 is 0. The molecule has 1 saturated heterocycles. The Morgan fingerprint density at radius 3 is 2.25 bits per heavy atom. The molecule has 1 atom stereocenters. The molecule has 0 aromatic heterocycles. The molecule has 0 spiro atoms. The molecule has 1 fully saturated rings. The molecule has 0 amide bonds. The third-order valence-electron chi connectivity index (χ3n) is 4.20. The van der Waals surface area contributed by atoms with Crippen LogP contribution in [0.2, 0.25) is 0 Å². The standard InChI is InChI=1S/C17H19F3N2.2ClH/c18-17(19,20)12-16(22-10-8-21-9-11-22)15-7-3-5-13-4-1-2-6-14(13)15;;/h1-7,16,21H,8-12H2;2*1H/t16-;;/m0../s1. The van der Waals surface area contributed by atoms with Gasteiger partial charge in [-0.2, -0.15) is 13.2 Å². The number of nitrogens with one attached hydrogen (secondary N) is 1. The fraction of sp³-hybridized carbons (Fsp3) is 0.412. The molecule has 0 aliphatic carbocycles. The third kappa shape index (κ3) is 4.99. The fourth-order valence-corrected chi connectivity index (χ4v) is 3.19. The van der Waals surface area contributed by atoms with Gasteiger partial charge in [-0.25, -0.2) is 0 Å². The summed E-state index contributed by atoms with van der Waals surface area (Å²) in [4.78, 5) is 1.95. The van der Waals surface area contributed by atoms with Crippen LogP contribution in [0.4, 0.5) is 13.2 Å². The SMILES string of the molecule is Cl.Cl.FC(F)(F)C[C@@H](c1cccc2ccccc12)N1CCNCC1. The molecule has 1 heterocycles. The highest BCUT2D eigenvalue weighted by Gasteiger charge is 2.36. The van der Waals surface area contributed by atoms with E-state index in [1.807, 2.05) is 47.4 Å². The van der Waals surface area contributed by atoms with Crippen LogP contribution in [-0.2, 0) is 0 Å². The van der Waals surface area contributed by atoms with Gasteiger partial charge in [0.2, 0.25) is 0 Å². The molecule has 7 heteroatoms. The van der Waals surface area contributed by atoms with Crippen molar-refractivity contribution in [1.82, 2.24) is 10.2 Å². The molecule has 0 unspecified atom stereocenters. The first kappa shape index (κ1) is 21.0. The summed E-state index contributed by atoms with van der Waals surface area (Å²) in [5.41, 5.74) is 0.775. The predicted molar refractivity (Wildman–Crippen MR) is 96.3 cm³/mol. The van der Waals surface area contributed by atoms with Gasteiger partial charge in [-0.3, -0.25) is 4.90 Å². The van der Waals surface area contributed by atoms with Gasteiger partial charge in [0.15, 0.2) is 0 Å². The van der Waals surface area contributed by atoms with Crippen LogP contribution in [0.1, 0.15) is 18.0 Å². The number of benzene rings is 2. The summed E-state index contributed by atoms with van der Waals surface area (Å²) in [6, 6.07) is 12.7. The molecule has 2 aromatic rings. The van der Waals surface area contributed by atoms with Gasteiger partial charge in [-0.1, -0.05) is 42.5 Å². The minimum Gasteiger partial charge on any atom is -0.314 e. The van der Waals surface area contributed by atoms with Crippen molar-refractivity contribution in [1.29, 1.82) is 0 Å². The van der Waals surface area contributed by atoms with Crippen molar-refractivity contribution in [2.24, 2.45) is 0 Å². The lowest BCUT2D eigenvalue weighted by atomic mass is 9.95. The Morgan fingerprint density at radius 2 is 1.58 bits per heavy atom. The normalized spacial score (nSPS) is 17.0. The van der Waals surface area contributed by atoms with Gasteiger partial charge in [0.25, 0.3) is 0 Å². The van der Waals surface area contributed by atoms with Gasteiger partial charge >= 0.3 is 6.18 Å². The smallest absolute Gasteiger partial charge is 0.314 e. The Hall–Kier alpha value is -1.01. The maximum Gasteiger partial charge on any atom is 0.390 e. The zero-order valence-corrected chi connectivity index (χ0v) is 14.7. The first-order valence-corrected chi connectivity index (χ1v) is 7.54. The Kier molecular flexibility index (Phi) is 7.80. The van der Waals surface area contributed by atoms with Gasteiger partial charge in [-0.05, 0) is 16.3 Å². The van der Waals surface area contributed by atoms with E-state index in [1.165, 1.54) is 0 Å². The van der Waals surface area contributed by atoms with Crippen molar-refractivity contribution >= 4 is 35.6 Å². The molecule has 0 saturated carbocycles.